The molecule has 0 amide bonds. The lowest BCUT2D eigenvalue weighted by Gasteiger charge is -2.29. The van der Waals surface area contributed by atoms with Crippen molar-refractivity contribution in [2.75, 3.05) is 18.5 Å². The zero-order chi connectivity index (χ0) is 26.6. The molecule has 0 aromatic carbocycles. The maximum Gasteiger partial charge on any atom is 0.266 e. The van der Waals surface area contributed by atoms with Gasteiger partial charge in [0.1, 0.15) is 17.6 Å². The molecule has 1 atom stereocenters. The molecule has 1 aliphatic rings. The Morgan fingerprint density at radius 3 is 2.71 bits per heavy atom. The van der Waals surface area contributed by atoms with Gasteiger partial charge in [-0.25, -0.2) is 9.67 Å². The maximum atomic E-state index is 11.8. The van der Waals surface area contributed by atoms with Gasteiger partial charge in [0.2, 0.25) is 5.88 Å². The Bertz CT molecular complexity index is 1440. The van der Waals surface area contributed by atoms with Crippen LogP contribution in [0, 0.1) is 0 Å². The summed E-state index contributed by atoms with van der Waals surface area (Å²) in [5.41, 5.74) is 2.47. The number of aromatic nitrogens is 7. The minimum absolute atomic E-state index is 0.0259. The number of hydrogen-bond acceptors (Lipinski definition) is 9. The van der Waals surface area contributed by atoms with Crippen molar-refractivity contribution in [1.29, 1.82) is 0 Å². The van der Waals surface area contributed by atoms with Gasteiger partial charge in [0.25, 0.3) is 5.56 Å². The van der Waals surface area contributed by atoms with Gasteiger partial charge in [0, 0.05) is 54.6 Å². The van der Waals surface area contributed by atoms with Crippen LogP contribution in [0.1, 0.15) is 45.6 Å². The molecule has 1 aliphatic carbocycles. The van der Waals surface area contributed by atoms with Crippen molar-refractivity contribution in [3.05, 3.63) is 47.1 Å². The molecular formula is C26H34N8O4. The Morgan fingerprint density at radius 1 is 1.16 bits per heavy atom. The number of aliphatic hydroxyl groups is 2. The van der Waals surface area contributed by atoms with Crippen LogP contribution in [0.2, 0.25) is 0 Å². The van der Waals surface area contributed by atoms with Crippen LogP contribution in [0.15, 0.2) is 41.6 Å². The van der Waals surface area contributed by atoms with Crippen molar-refractivity contribution in [2.45, 2.75) is 70.9 Å². The van der Waals surface area contributed by atoms with Crippen molar-refractivity contribution < 1.29 is 14.9 Å². The van der Waals surface area contributed by atoms with Gasteiger partial charge in [0.05, 0.1) is 37.0 Å². The minimum Gasteiger partial charge on any atom is -0.473 e. The van der Waals surface area contributed by atoms with Gasteiger partial charge < -0.3 is 20.3 Å². The van der Waals surface area contributed by atoms with Crippen LogP contribution in [0.25, 0.3) is 22.2 Å². The predicted octanol–water partition coefficient (Wildman–Crippen LogP) is 2.22. The van der Waals surface area contributed by atoms with Crippen molar-refractivity contribution in [2.24, 2.45) is 0 Å². The van der Waals surface area contributed by atoms with Gasteiger partial charge in [-0.3, -0.25) is 14.2 Å². The van der Waals surface area contributed by atoms with E-state index in [-0.39, 0.29) is 30.9 Å². The van der Waals surface area contributed by atoms with Crippen molar-refractivity contribution >= 4 is 16.7 Å². The lowest BCUT2D eigenvalue weighted by molar-refractivity contribution is 0.0783. The molecule has 4 aromatic rings. The largest absolute Gasteiger partial charge is 0.473 e. The predicted molar refractivity (Wildman–Crippen MR) is 142 cm³/mol. The molecule has 12 nitrogen and oxygen atoms in total. The fourth-order valence-electron chi connectivity index (χ4n) is 4.96. The van der Waals surface area contributed by atoms with Gasteiger partial charge in [0.15, 0.2) is 0 Å². The molecule has 5 rings (SSSR count). The molecule has 0 bridgehead atoms. The summed E-state index contributed by atoms with van der Waals surface area (Å²) in [6.45, 7) is 5.06. The summed E-state index contributed by atoms with van der Waals surface area (Å²) >= 11 is 0. The standard InChI is InChI=1S/C26H34N8O4/c1-3-27-23-11-22-21(13-28-23)26(17-12-29-32(14-17)15-19(36)16-35)31-34(22)18-5-7-20(8-6-18)38-24-9-10-25(37)33(4-2)30-24/h9-14,18-20,35-36H,3-8,15-16H2,1-2H3,(H,27,28)/t18-,19-,20+/m1/s1. The van der Waals surface area contributed by atoms with Crippen molar-refractivity contribution in [3.63, 3.8) is 0 Å². The fraction of sp³-hybridized carbons (Fsp3) is 0.500. The first-order valence-electron chi connectivity index (χ1n) is 13.2. The summed E-state index contributed by atoms with van der Waals surface area (Å²) in [7, 11) is 0. The Labute approximate surface area is 219 Å². The van der Waals surface area contributed by atoms with Crippen LogP contribution >= 0.6 is 0 Å². The lowest BCUT2D eigenvalue weighted by Crippen LogP contribution is -2.28. The number of hydrogen-bond donors (Lipinski definition) is 3. The highest BCUT2D eigenvalue weighted by atomic mass is 16.5. The molecule has 0 radical (unpaired) electrons. The molecule has 12 heteroatoms. The summed E-state index contributed by atoms with van der Waals surface area (Å²) < 4.78 is 11.2. The normalized spacial score (nSPS) is 18.5. The molecule has 1 saturated carbocycles. The molecule has 3 N–H and O–H groups in total. The molecule has 38 heavy (non-hydrogen) atoms. The first-order chi connectivity index (χ1) is 18.5. The fourth-order valence-corrected chi connectivity index (χ4v) is 4.96. The van der Waals surface area contributed by atoms with Crippen LogP contribution < -0.4 is 15.6 Å². The first kappa shape index (κ1) is 25.9. The SMILES string of the molecule is CCNc1cc2c(cn1)c(-c1cnn(C[C@@H](O)CO)c1)nn2[C@H]1CC[C@@H](Oc2ccc(=O)n(CC)n2)CC1. The molecule has 4 aromatic heterocycles. The average molecular weight is 523 g/mol. The number of nitrogens with zero attached hydrogens (tertiary/aromatic N) is 7. The van der Waals surface area contributed by atoms with E-state index in [9.17, 15) is 9.90 Å². The summed E-state index contributed by atoms with van der Waals surface area (Å²) in [5.74, 6) is 1.27. The van der Waals surface area contributed by atoms with Gasteiger partial charge in [-0.2, -0.15) is 10.2 Å². The summed E-state index contributed by atoms with van der Waals surface area (Å²) in [5, 5.41) is 36.9. The van der Waals surface area contributed by atoms with Gasteiger partial charge in [-0.15, -0.1) is 5.10 Å². The van der Waals surface area contributed by atoms with E-state index in [0.717, 1.165) is 60.2 Å². The van der Waals surface area contributed by atoms with Gasteiger partial charge in [-0.05, 0) is 39.5 Å². The van der Waals surface area contributed by atoms with E-state index in [1.54, 1.807) is 16.9 Å². The summed E-state index contributed by atoms with van der Waals surface area (Å²) in [4.78, 5) is 16.4. The lowest BCUT2D eigenvalue weighted by atomic mass is 9.93. The quantitative estimate of drug-likeness (QED) is 0.285. The third kappa shape index (κ3) is 5.41. The van der Waals surface area contributed by atoms with Crippen LogP contribution in [0.4, 0.5) is 5.82 Å². The number of aliphatic hydroxyl groups excluding tert-OH is 2. The molecule has 0 saturated heterocycles. The van der Waals surface area contributed by atoms with Gasteiger partial charge >= 0.3 is 0 Å². The highest BCUT2D eigenvalue weighted by Gasteiger charge is 2.27. The van der Waals surface area contributed by atoms with E-state index >= 15 is 0 Å². The smallest absolute Gasteiger partial charge is 0.266 e. The van der Waals surface area contributed by atoms with Crippen LogP contribution in [0.5, 0.6) is 5.88 Å². The van der Waals surface area contributed by atoms with Crippen LogP contribution in [-0.4, -0.2) is 69.9 Å². The number of nitrogens with one attached hydrogen (secondary N) is 1. The van der Waals surface area contributed by atoms with E-state index < -0.39 is 6.10 Å². The number of pyridine rings is 1. The van der Waals surface area contributed by atoms with E-state index in [1.807, 2.05) is 32.3 Å². The third-order valence-electron chi connectivity index (χ3n) is 6.88. The average Bonchev–Trinajstić information content (AvgIpc) is 3.54. The van der Waals surface area contributed by atoms with Crippen LogP contribution in [0.3, 0.4) is 0 Å². The van der Waals surface area contributed by atoms with Crippen molar-refractivity contribution in [3.8, 4) is 17.1 Å². The minimum atomic E-state index is -0.876. The third-order valence-corrected chi connectivity index (χ3v) is 6.88. The highest BCUT2D eigenvalue weighted by Crippen LogP contribution is 2.36. The Balaban J connectivity index is 1.38. The first-order valence-corrected chi connectivity index (χ1v) is 13.2. The number of rotatable bonds is 10. The zero-order valence-corrected chi connectivity index (χ0v) is 21.7. The Kier molecular flexibility index (Phi) is 7.70. The zero-order valence-electron chi connectivity index (χ0n) is 21.7. The van der Waals surface area contributed by atoms with Crippen LogP contribution in [-0.2, 0) is 13.1 Å². The highest BCUT2D eigenvalue weighted by molar-refractivity contribution is 5.93. The summed E-state index contributed by atoms with van der Waals surface area (Å²) in [6.07, 6.45) is 8.00. The molecule has 0 aliphatic heterocycles. The van der Waals surface area contributed by atoms with E-state index in [0.29, 0.717) is 12.4 Å². The van der Waals surface area contributed by atoms with Crippen molar-refractivity contribution in [1.82, 2.24) is 34.3 Å². The maximum absolute atomic E-state index is 11.8. The molecule has 1 fully saturated rings. The Hall–Kier alpha value is -3.77. The second-order valence-corrected chi connectivity index (χ2v) is 9.57. The molecule has 0 unspecified atom stereocenters. The van der Waals surface area contributed by atoms with Gasteiger partial charge in [-0.1, -0.05) is 0 Å². The molecule has 4 heterocycles. The summed E-state index contributed by atoms with van der Waals surface area (Å²) in [6, 6.07) is 5.36. The van der Waals surface area contributed by atoms with E-state index in [4.69, 9.17) is 14.9 Å². The van der Waals surface area contributed by atoms with E-state index in [2.05, 4.69) is 25.2 Å². The monoisotopic (exact) mass is 522 g/mol. The molecule has 202 valence electrons. The Morgan fingerprint density at radius 2 is 1.97 bits per heavy atom. The number of aryl methyl sites for hydroxylation is 1. The second kappa shape index (κ2) is 11.3. The second-order valence-electron chi connectivity index (χ2n) is 9.57. The molecule has 0 spiro atoms. The topological polar surface area (TPSA) is 145 Å². The number of ether oxygens (including phenoxy) is 1. The molecular weight excluding hydrogens is 488 g/mol. The number of anilines is 1. The van der Waals surface area contributed by atoms with E-state index in [1.165, 1.54) is 10.7 Å². The number of fused-ring (bicyclic) bond motifs is 1.